The third-order valence-corrected chi connectivity index (χ3v) is 5.17. The number of allylic oxidation sites excluding steroid dienone is 2. The summed E-state index contributed by atoms with van der Waals surface area (Å²) in [7, 11) is 0. The lowest BCUT2D eigenvalue weighted by Crippen LogP contribution is -2.32. The maximum atomic E-state index is 12.7. The number of hydrogen-bond donors (Lipinski definition) is 0. The molecule has 1 atom stereocenters. The van der Waals surface area contributed by atoms with Crippen LogP contribution in [-0.2, 0) is 0 Å². The van der Waals surface area contributed by atoms with Crippen LogP contribution in [0.1, 0.15) is 35.8 Å². The van der Waals surface area contributed by atoms with Crippen molar-refractivity contribution >= 4 is 28.4 Å². The van der Waals surface area contributed by atoms with Crippen molar-refractivity contribution < 1.29 is 4.79 Å². The molecular formula is C21H20INO. The van der Waals surface area contributed by atoms with Gasteiger partial charge < -0.3 is 4.90 Å². The minimum atomic E-state index is 0.0682. The zero-order chi connectivity index (χ0) is 17.1. The SMILES string of the molecule is CC(C)N1C=C(C(=O)c2ccccc2)C=CC1c1ccccc1I. The first kappa shape index (κ1) is 17.0. The fraction of sp³-hybridized carbons (Fsp3) is 0.190. The van der Waals surface area contributed by atoms with Gasteiger partial charge in [-0.15, -0.1) is 0 Å². The Hall–Kier alpha value is -1.88. The van der Waals surface area contributed by atoms with Crippen LogP contribution >= 0.6 is 22.6 Å². The van der Waals surface area contributed by atoms with E-state index in [4.69, 9.17) is 0 Å². The van der Waals surface area contributed by atoms with Crippen LogP contribution in [0.2, 0.25) is 0 Å². The molecule has 0 saturated carbocycles. The summed E-state index contributed by atoms with van der Waals surface area (Å²) >= 11 is 2.38. The van der Waals surface area contributed by atoms with E-state index in [-0.39, 0.29) is 11.8 Å². The molecule has 3 rings (SSSR count). The zero-order valence-electron chi connectivity index (χ0n) is 13.8. The number of Topliss-reactive ketones (excluding diaryl/α,β-unsaturated/α-hetero) is 1. The van der Waals surface area contributed by atoms with E-state index >= 15 is 0 Å². The van der Waals surface area contributed by atoms with Gasteiger partial charge in [0.15, 0.2) is 5.78 Å². The molecule has 0 aliphatic carbocycles. The summed E-state index contributed by atoms with van der Waals surface area (Å²) in [5, 5.41) is 0. The Bertz CT molecular complexity index is 792. The fourth-order valence-electron chi connectivity index (χ4n) is 2.92. The highest BCUT2D eigenvalue weighted by atomic mass is 127. The number of benzene rings is 2. The van der Waals surface area contributed by atoms with Crippen molar-refractivity contribution in [2.75, 3.05) is 0 Å². The first-order valence-electron chi connectivity index (χ1n) is 8.09. The second-order valence-corrected chi connectivity index (χ2v) is 7.31. The number of ketones is 1. The molecule has 24 heavy (non-hydrogen) atoms. The molecule has 0 spiro atoms. The number of hydrogen-bond acceptors (Lipinski definition) is 2. The van der Waals surface area contributed by atoms with Crippen molar-refractivity contribution in [3.8, 4) is 0 Å². The van der Waals surface area contributed by atoms with Gasteiger partial charge in [-0.3, -0.25) is 4.79 Å². The van der Waals surface area contributed by atoms with E-state index in [1.165, 1.54) is 9.13 Å². The monoisotopic (exact) mass is 429 g/mol. The van der Waals surface area contributed by atoms with Gasteiger partial charge in [-0.25, -0.2) is 0 Å². The summed E-state index contributed by atoms with van der Waals surface area (Å²) in [5.41, 5.74) is 2.73. The van der Waals surface area contributed by atoms with E-state index in [0.717, 1.165) is 11.1 Å². The summed E-state index contributed by atoms with van der Waals surface area (Å²) < 4.78 is 1.24. The second kappa shape index (κ2) is 7.34. The van der Waals surface area contributed by atoms with Crippen LogP contribution in [0, 0.1) is 3.57 Å². The second-order valence-electron chi connectivity index (χ2n) is 6.15. The third-order valence-electron chi connectivity index (χ3n) is 4.19. The first-order valence-corrected chi connectivity index (χ1v) is 9.17. The molecule has 1 aliphatic rings. The molecule has 0 aromatic heterocycles. The standard InChI is InChI=1S/C21H20INO/c1-15(2)23-14-17(21(24)16-8-4-3-5-9-16)12-13-20(23)18-10-6-7-11-19(18)22/h3-15,20H,1-2H3. The molecule has 1 unspecified atom stereocenters. The van der Waals surface area contributed by atoms with Gasteiger partial charge in [0.1, 0.15) is 0 Å². The van der Waals surface area contributed by atoms with Crippen molar-refractivity contribution in [3.63, 3.8) is 0 Å². The van der Waals surface area contributed by atoms with Crippen molar-refractivity contribution in [2.24, 2.45) is 0 Å². The van der Waals surface area contributed by atoms with Crippen LogP contribution in [0.15, 0.2) is 78.5 Å². The van der Waals surface area contributed by atoms with Crippen LogP contribution < -0.4 is 0 Å². The van der Waals surface area contributed by atoms with Crippen LogP contribution in [0.25, 0.3) is 0 Å². The quantitative estimate of drug-likeness (QED) is 0.481. The van der Waals surface area contributed by atoms with Gasteiger partial charge in [0.2, 0.25) is 0 Å². The third kappa shape index (κ3) is 3.46. The highest BCUT2D eigenvalue weighted by Crippen LogP contribution is 2.32. The summed E-state index contributed by atoms with van der Waals surface area (Å²) in [4.78, 5) is 15.0. The maximum Gasteiger partial charge on any atom is 0.194 e. The van der Waals surface area contributed by atoms with E-state index in [2.05, 4.69) is 71.7 Å². The van der Waals surface area contributed by atoms with Crippen molar-refractivity contribution in [1.29, 1.82) is 0 Å². The Morgan fingerprint density at radius 3 is 2.38 bits per heavy atom. The van der Waals surface area contributed by atoms with E-state index in [0.29, 0.717) is 6.04 Å². The molecule has 122 valence electrons. The minimum Gasteiger partial charge on any atom is -0.364 e. The molecule has 3 heteroatoms. The predicted molar refractivity (Wildman–Crippen MR) is 107 cm³/mol. The largest absolute Gasteiger partial charge is 0.364 e. The van der Waals surface area contributed by atoms with Gasteiger partial charge in [0.05, 0.1) is 6.04 Å². The average Bonchev–Trinajstić information content (AvgIpc) is 2.62. The molecule has 0 bridgehead atoms. The average molecular weight is 429 g/mol. The van der Waals surface area contributed by atoms with Crippen molar-refractivity contribution in [3.05, 3.63) is 93.2 Å². The smallest absolute Gasteiger partial charge is 0.194 e. The molecule has 0 N–H and O–H groups in total. The number of rotatable bonds is 4. The number of nitrogens with zero attached hydrogens (tertiary/aromatic N) is 1. The van der Waals surface area contributed by atoms with Crippen LogP contribution in [0.4, 0.5) is 0 Å². The van der Waals surface area contributed by atoms with Crippen molar-refractivity contribution in [1.82, 2.24) is 4.90 Å². The van der Waals surface area contributed by atoms with E-state index < -0.39 is 0 Å². The van der Waals surface area contributed by atoms with E-state index in [1.807, 2.05) is 42.6 Å². The molecule has 2 aromatic carbocycles. The summed E-state index contributed by atoms with van der Waals surface area (Å²) in [5.74, 6) is 0.0682. The summed E-state index contributed by atoms with van der Waals surface area (Å²) in [6.07, 6.45) is 6.10. The molecule has 0 fully saturated rings. The summed E-state index contributed by atoms with van der Waals surface area (Å²) in [6, 6.07) is 18.3. The highest BCUT2D eigenvalue weighted by Gasteiger charge is 2.25. The predicted octanol–water partition coefficient (Wildman–Crippen LogP) is 5.38. The Kier molecular flexibility index (Phi) is 5.19. The topological polar surface area (TPSA) is 20.3 Å². The number of halogens is 1. The Balaban J connectivity index is 1.94. The summed E-state index contributed by atoms with van der Waals surface area (Å²) in [6.45, 7) is 4.31. The van der Waals surface area contributed by atoms with Gasteiger partial charge in [-0.2, -0.15) is 0 Å². The van der Waals surface area contributed by atoms with E-state index in [9.17, 15) is 4.79 Å². The molecule has 1 aliphatic heterocycles. The Morgan fingerprint density at radius 2 is 1.71 bits per heavy atom. The number of carbonyl (C=O) groups excluding carboxylic acids is 1. The Labute approximate surface area is 157 Å². The van der Waals surface area contributed by atoms with Gasteiger partial charge in [-0.05, 0) is 48.1 Å². The molecule has 0 saturated heterocycles. The lowest BCUT2D eigenvalue weighted by atomic mass is 9.96. The molecule has 1 heterocycles. The van der Waals surface area contributed by atoms with Gasteiger partial charge in [-0.1, -0.05) is 60.7 Å². The van der Waals surface area contributed by atoms with Crippen LogP contribution in [0.3, 0.4) is 0 Å². The number of carbonyl (C=O) groups is 1. The zero-order valence-corrected chi connectivity index (χ0v) is 16.0. The van der Waals surface area contributed by atoms with Gasteiger partial charge in [0.25, 0.3) is 0 Å². The first-order chi connectivity index (χ1) is 11.6. The molecule has 0 radical (unpaired) electrons. The Morgan fingerprint density at radius 1 is 1.04 bits per heavy atom. The highest BCUT2D eigenvalue weighted by molar-refractivity contribution is 14.1. The normalized spacial score (nSPS) is 17.1. The van der Waals surface area contributed by atoms with Gasteiger partial charge >= 0.3 is 0 Å². The van der Waals surface area contributed by atoms with Crippen LogP contribution in [0.5, 0.6) is 0 Å². The lowest BCUT2D eigenvalue weighted by Gasteiger charge is -2.36. The maximum absolute atomic E-state index is 12.7. The molecular weight excluding hydrogens is 409 g/mol. The molecule has 2 nitrogen and oxygen atoms in total. The van der Waals surface area contributed by atoms with E-state index in [1.54, 1.807) is 0 Å². The molecule has 2 aromatic rings. The molecule has 0 amide bonds. The van der Waals surface area contributed by atoms with Crippen molar-refractivity contribution in [2.45, 2.75) is 25.9 Å². The van der Waals surface area contributed by atoms with Crippen LogP contribution in [-0.4, -0.2) is 16.7 Å². The fourth-order valence-corrected chi connectivity index (χ4v) is 3.62. The van der Waals surface area contributed by atoms with Gasteiger partial charge in [0, 0.05) is 26.9 Å². The lowest BCUT2D eigenvalue weighted by molar-refractivity contribution is 0.103. The minimum absolute atomic E-state index is 0.0682.